The van der Waals surface area contributed by atoms with Gasteiger partial charge in [-0.05, 0) is 56.7 Å². The van der Waals surface area contributed by atoms with Crippen molar-refractivity contribution in [3.05, 3.63) is 82.7 Å². The summed E-state index contributed by atoms with van der Waals surface area (Å²) in [5.41, 5.74) is 1.18. The smallest absolute Gasteiger partial charge is 0.350 e. The first-order valence-corrected chi connectivity index (χ1v) is 9.96. The van der Waals surface area contributed by atoms with Crippen LogP contribution >= 0.6 is 0 Å². The molecule has 0 aliphatic carbocycles. The minimum absolute atomic E-state index is 0.0724. The monoisotopic (exact) mass is 444 g/mol. The summed E-state index contributed by atoms with van der Waals surface area (Å²) in [6.07, 6.45) is -4.49. The molecule has 3 aromatic rings. The van der Waals surface area contributed by atoms with Crippen molar-refractivity contribution < 1.29 is 22.8 Å². The van der Waals surface area contributed by atoms with E-state index >= 15 is 0 Å². The van der Waals surface area contributed by atoms with Gasteiger partial charge in [0, 0.05) is 17.4 Å². The molecule has 0 aliphatic heterocycles. The van der Waals surface area contributed by atoms with E-state index < -0.39 is 17.8 Å². The molecule has 0 spiro atoms. The van der Waals surface area contributed by atoms with E-state index in [9.17, 15) is 22.8 Å². The Bertz CT molecular complexity index is 1120. The standard InChI is InChI=1S/C23H23F3N4O2/c1-14(2)27-21(31)18-6-4-5-7-19(18)22(32)28-17-10-8-16(9-11-17)13-30-15(3)12-20(29-30)23(24,25)26/h4-12,14H,13H2,1-3H3,(H,27,31)(H,28,32). The molecule has 3 rings (SSSR count). The van der Waals surface area contributed by atoms with Crippen molar-refractivity contribution in [1.29, 1.82) is 0 Å². The van der Waals surface area contributed by atoms with E-state index in [0.717, 1.165) is 11.6 Å². The third-order valence-electron chi connectivity index (χ3n) is 4.65. The van der Waals surface area contributed by atoms with Crippen molar-refractivity contribution >= 4 is 17.5 Å². The number of hydrogen-bond acceptors (Lipinski definition) is 3. The van der Waals surface area contributed by atoms with Crippen LogP contribution in [-0.2, 0) is 12.7 Å². The predicted octanol–water partition coefficient (Wildman–Crippen LogP) is 4.65. The first-order valence-electron chi connectivity index (χ1n) is 9.96. The summed E-state index contributed by atoms with van der Waals surface area (Å²) in [5, 5.41) is 9.13. The quantitative estimate of drug-likeness (QED) is 0.581. The average molecular weight is 444 g/mol. The second kappa shape index (κ2) is 9.25. The number of hydrogen-bond donors (Lipinski definition) is 2. The van der Waals surface area contributed by atoms with Crippen LogP contribution in [0.2, 0.25) is 0 Å². The summed E-state index contributed by atoms with van der Waals surface area (Å²) < 4.78 is 39.8. The normalized spacial score (nSPS) is 11.5. The second-order valence-electron chi connectivity index (χ2n) is 7.65. The largest absolute Gasteiger partial charge is 0.435 e. The molecule has 2 amide bonds. The zero-order chi connectivity index (χ0) is 23.5. The average Bonchev–Trinajstić information content (AvgIpc) is 3.09. The maximum atomic E-state index is 12.8. The first kappa shape index (κ1) is 23.1. The molecule has 32 heavy (non-hydrogen) atoms. The number of carbonyl (C=O) groups is 2. The predicted molar refractivity (Wildman–Crippen MR) is 115 cm³/mol. The van der Waals surface area contributed by atoms with E-state index in [2.05, 4.69) is 15.7 Å². The van der Waals surface area contributed by atoms with Gasteiger partial charge in [0.2, 0.25) is 0 Å². The molecule has 2 aromatic carbocycles. The molecule has 1 aromatic heterocycles. The highest BCUT2D eigenvalue weighted by atomic mass is 19.4. The highest BCUT2D eigenvalue weighted by molar-refractivity contribution is 6.12. The summed E-state index contributed by atoms with van der Waals surface area (Å²) in [4.78, 5) is 25.1. The van der Waals surface area contributed by atoms with Crippen molar-refractivity contribution in [2.75, 3.05) is 5.32 Å². The van der Waals surface area contributed by atoms with Crippen LogP contribution in [-0.4, -0.2) is 27.6 Å². The Morgan fingerprint density at radius 3 is 2.12 bits per heavy atom. The Labute approximate surface area is 183 Å². The molecule has 0 radical (unpaired) electrons. The number of alkyl halides is 3. The molecule has 0 atom stereocenters. The van der Waals surface area contributed by atoms with E-state index in [1.54, 1.807) is 55.5 Å². The van der Waals surface area contributed by atoms with Gasteiger partial charge in [-0.15, -0.1) is 0 Å². The lowest BCUT2D eigenvalue weighted by Crippen LogP contribution is -2.31. The maximum absolute atomic E-state index is 12.8. The van der Waals surface area contributed by atoms with Gasteiger partial charge in [-0.1, -0.05) is 24.3 Å². The minimum atomic E-state index is -4.49. The topological polar surface area (TPSA) is 76.0 Å². The molecule has 0 saturated carbocycles. The van der Waals surface area contributed by atoms with Gasteiger partial charge < -0.3 is 10.6 Å². The molecule has 0 aliphatic rings. The van der Waals surface area contributed by atoms with Crippen LogP contribution in [0.25, 0.3) is 0 Å². The SMILES string of the molecule is Cc1cc(C(F)(F)F)nn1Cc1ccc(NC(=O)c2ccccc2C(=O)NC(C)C)cc1. The molecule has 0 unspecified atom stereocenters. The summed E-state index contributed by atoms with van der Waals surface area (Å²) in [5.74, 6) is -0.779. The Kier molecular flexibility index (Phi) is 6.67. The van der Waals surface area contributed by atoms with Crippen LogP contribution in [0.4, 0.5) is 18.9 Å². The van der Waals surface area contributed by atoms with Gasteiger partial charge in [-0.25, -0.2) is 0 Å². The fourth-order valence-electron chi connectivity index (χ4n) is 3.09. The van der Waals surface area contributed by atoms with E-state index in [4.69, 9.17) is 0 Å². The molecule has 0 fully saturated rings. The number of aryl methyl sites for hydroxylation is 1. The number of rotatable bonds is 6. The second-order valence-corrected chi connectivity index (χ2v) is 7.65. The molecular formula is C23H23F3N4O2. The van der Waals surface area contributed by atoms with E-state index in [0.29, 0.717) is 11.4 Å². The molecule has 6 nitrogen and oxygen atoms in total. The Morgan fingerprint density at radius 1 is 1.00 bits per heavy atom. The van der Waals surface area contributed by atoms with Crippen molar-refractivity contribution in [1.82, 2.24) is 15.1 Å². The Hall–Kier alpha value is -3.62. The lowest BCUT2D eigenvalue weighted by Gasteiger charge is -2.13. The molecular weight excluding hydrogens is 421 g/mol. The fraction of sp³-hybridized carbons (Fsp3) is 0.261. The Morgan fingerprint density at radius 2 is 1.59 bits per heavy atom. The summed E-state index contributed by atoms with van der Waals surface area (Å²) in [6.45, 7) is 5.38. The minimum Gasteiger partial charge on any atom is -0.350 e. The number of nitrogens with zero attached hydrogens (tertiary/aromatic N) is 2. The fourth-order valence-corrected chi connectivity index (χ4v) is 3.09. The Balaban J connectivity index is 1.71. The van der Waals surface area contributed by atoms with Gasteiger partial charge in [-0.3, -0.25) is 14.3 Å². The molecule has 0 bridgehead atoms. The van der Waals surface area contributed by atoms with Crippen molar-refractivity contribution in [3.63, 3.8) is 0 Å². The van der Waals surface area contributed by atoms with Gasteiger partial charge in [-0.2, -0.15) is 18.3 Å². The van der Waals surface area contributed by atoms with Crippen molar-refractivity contribution in [2.24, 2.45) is 0 Å². The van der Waals surface area contributed by atoms with Crippen LogP contribution in [0, 0.1) is 6.92 Å². The highest BCUT2D eigenvalue weighted by Gasteiger charge is 2.34. The summed E-state index contributed by atoms with van der Waals surface area (Å²) >= 11 is 0. The number of nitrogens with one attached hydrogen (secondary N) is 2. The van der Waals surface area contributed by atoms with Crippen LogP contribution in [0.1, 0.15) is 51.5 Å². The first-order chi connectivity index (χ1) is 15.0. The van der Waals surface area contributed by atoms with Gasteiger partial charge in [0.25, 0.3) is 11.8 Å². The van der Waals surface area contributed by atoms with Crippen molar-refractivity contribution in [3.8, 4) is 0 Å². The molecule has 2 N–H and O–H groups in total. The molecule has 9 heteroatoms. The lowest BCUT2D eigenvalue weighted by molar-refractivity contribution is -0.141. The van der Waals surface area contributed by atoms with Crippen molar-refractivity contribution in [2.45, 2.75) is 39.5 Å². The van der Waals surface area contributed by atoms with E-state index in [1.165, 1.54) is 4.68 Å². The lowest BCUT2D eigenvalue weighted by atomic mass is 10.1. The van der Waals surface area contributed by atoms with Gasteiger partial charge >= 0.3 is 6.18 Å². The number of carbonyl (C=O) groups excluding carboxylic acids is 2. The van der Waals surface area contributed by atoms with Gasteiger partial charge in [0.05, 0.1) is 17.7 Å². The van der Waals surface area contributed by atoms with Crippen LogP contribution in [0.15, 0.2) is 54.6 Å². The maximum Gasteiger partial charge on any atom is 0.435 e. The zero-order valence-electron chi connectivity index (χ0n) is 17.8. The third-order valence-corrected chi connectivity index (χ3v) is 4.65. The van der Waals surface area contributed by atoms with Crippen LogP contribution in [0.5, 0.6) is 0 Å². The number of halogens is 3. The van der Waals surface area contributed by atoms with Gasteiger partial charge in [0.1, 0.15) is 0 Å². The number of anilines is 1. The van der Waals surface area contributed by atoms with E-state index in [-0.39, 0.29) is 29.6 Å². The number of benzene rings is 2. The highest BCUT2D eigenvalue weighted by Crippen LogP contribution is 2.28. The van der Waals surface area contributed by atoms with Crippen LogP contribution in [0.3, 0.4) is 0 Å². The summed E-state index contributed by atoms with van der Waals surface area (Å²) in [6, 6.07) is 14.1. The molecule has 0 saturated heterocycles. The summed E-state index contributed by atoms with van der Waals surface area (Å²) in [7, 11) is 0. The zero-order valence-corrected chi connectivity index (χ0v) is 17.8. The number of amides is 2. The number of aromatic nitrogens is 2. The third kappa shape index (κ3) is 5.54. The van der Waals surface area contributed by atoms with Crippen LogP contribution < -0.4 is 10.6 Å². The van der Waals surface area contributed by atoms with E-state index in [1.807, 2.05) is 13.8 Å². The molecule has 168 valence electrons. The molecule has 1 heterocycles. The van der Waals surface area contributed by atoms with Gasteiger partial charge in [0.15, 0.2) is 5.69 Å².